The summed E-state index contributed by atoms with van der Waals surface area (Å²) < 4.78 is 4.61. The van der Waals surface area contributed by atoms with Gasteiger partial charge >= 0.3 is 11.7 Å². The van der Waals surface area contributed by atoms with Crippen molar-refractivity contribution in [2.75, 3.05) is 12.4 Å². The summed E-state index contributed by atoms with van der Waals surface area (Å²) >= 11 is 0. The Morgan fingerprint density at radius 2 is 2.09 bits per heavy atom. The molecule has 0 aliphatic heterocycles. The number of ether oxygens (including phenoxy) is 1. The van der Waals surface area contributed by atoms with Crippen LogP contribution in [-0.2, 0) is 11.3 Å². The number of nitro groups is 1. The third kappa shape index (κ3) is 3.44. The van der Waals surface area contributed by atoms with Crippen LogP contribution in [0.25, 0.3) is 0 Å². The maximum atomic E-state index is 11.8. The Balaban J connectivity index is 2.40. The monoisotopic (exact) mass is 319 g/mol. The lowest BCUT2D eigenvalue weighted by Crippen LogP contribution is -2.12. The molecule has 0 amide bonds. The molecule has 0 aliphatic rings. The first kappa shape index (κ1) is 16.4. The highest BCUT2D eigenvalue weighted by molar-refractivity contribution is 5.96. The lowest BCUT2D eigenvalue weighted by atomic mass is 10.2. The van der Waals surface area contributed by atoms with Gasteiger partial charge in [0.25, 0.3) is 0 Å². The molecular formula is C14H17N5O4. The zero-order valence-corrected chi connectivity index (χ0v) is 13.3. The van der Waals surface area contributed by atoms with Crippen LogP contribution in [0.2, 0.25) is 0 Å². The van der Waals surface area contributed by atoms with E-state index in [9.17, 15) is 14.9 Å². The Labute approximate surface area is 132 Å². The molecule has 0 fully saturated rings. The van der Waals surface area contributed by atoms with Gasteiger partial charge < -0.3 is 15.0 Å². The lowest BCUT2D eigenvalue weighted by Gasteiger charge is -2.09. The van der Waals surface area contributed by atoms with E-state index in [2.05, 4.69) is 25.0 Å². The van der Waals surface area contributed by atoms with Gasteiger partial charge in [-0.1, -0.05) is 0 Å². The second-order valence-electron chi connectivity index (χ2n) is 5.00. The maximum Gasteiger partial charge on any atom is 0.345 e. The summed E-state index contributed by atoms with van der Waals surface area (Å²) in [6, 6.07) is 1.33. The van der Waals surface area contributed by atoms with Crippen molar-refractivity contribution in [3.63, 3.8) is 0 Å². The molecule has 2 aromatic rings. The lowest BCUT2D eigenvalue weighted by molar-refractivity contribution is -0.384. The molecule has 0 spiro atoms. The van der Waals surface area contributed by atoms with E-state index < -0.39 is 16.6 Å². The van der Waals surface area contributed by atoms with Gasteiger partial charge in [0.15, 0.2) is 0 Å². The fraction of sp³-hybridized carbons (Fsp3) is 0.357. The molecule has 9 nitrogen and oxygen atoms in total. The fourth-order valence-electron chi connectivity index (χ4n) is 2.24. The van der Waals surface area contributed by atoms with Crippen molar-refractivity contribution in [3.05, 3.63) is 44.7 Å². The SMILES string of the molecule is COC(=O)c1cc(C)nc(NCc2nc(C)[nH]c2C)c1[N+](=O)[O-]. The van der Waals surface area contributed by atoms with E-state index in [1.165, 1.54) is 13.2 Å². The Morgan fingerprint density at radius 1 is 1.39 bits per heavy atom. The van der Waals surface area contributed by atoms with Gasteiger partial charge in [-0.05, 0) is 26.8 Å². The molecule has 2 heterocycles. The maximum absolute atomic E-state index is 11.8. The average molecular weight is 319 g/mol. The standard InChI is InChI=1S/C14H17N5O4/c1-7-5-10(14(20)23-4)12(19(21)22)13(16-7)15-6-11-8(2)17-9(3)18-11/h5H,6H2,1-4H3,(H,15,16)(H,17,18). The summed E-state index contributed by atoms with van der Waals surface area (Å²) in [5.41, 5.74) is 1.50. The molecule has 0 aliphatic carbocycles. The van der Waals surface area contributed by atoms with Crippen molar-refractivity contribution in [3.8, 4) is 0 Å². The van der Waals surface area contributed by atoms with Crippen LogP contribution in [0, 0.1) is 30.9 Å². The summed E-state index contributed by atoms with van der Waals surface area (Å²) in [7, 11) is 1.17. The first-order valence-electron chi connectivity index (χ1n) is 6.83. The number of aromatic amines is 1. The summed E-state index contributed by atoms with van der Waals surface area (Å²) in [6.07, 6.45) is 0. The van der Waals surface area contributed by atoms with Crippen LogP contribution in [0.4, 0.5) is 11.5 Å². The van der Waals surface area contributed by atoms with Crippen LogP contribution >= 0.6 is 0 Å². The van der Waals surface area contributed by atoms with E-state index in [4.69, 9.17) is 0 Å². The van der Waals surface area contributed by atoms with Crippen molar-refractivity contribution >= 4 is 17.5 Å². The third-order valence-corrected chi connectivity index (χ3v) is 3.24. The number of imidazole rings is 1. The molecule has 23 heavy (non-hydrogen) atoms. The second kappa shape index (κ2) is 6.42. The van der Waals surface area contributed by atoms with Crippen LogP contribution in [0.3, 0.4) is 0 Å². The number of carbonyl (C=O) groups excluding carboxylic acids is 1. The molecule has 0 saturated heterocycles. The number of hydrogen-bond donors (Lipinski definition) is 2. The Bertz CT molecular complexity index is 769. The summed E-state index contributed by atoms with van der Waals surface area (Å²) in [5, 5.41) is 14.2. The molecule has 2 aromatic heterocycles. The third-order valence-electron chi connectivity index (χ3n) is 3.24. The molecule has 0 radical (unpaired) electrons. The largest absolute Gasteiger partial charge is 0.465 e. The quantitative estimate of drug-likeness (QED) is 0.491. The van der Waals surface area contributed by atoms with E-state index in [0.29, 0.717) is 5.69 Å². The van der Waals surface area contributed by atoms with Gasteiger partial charge in [-0.25, -0.2) is 14.8 Å². The number of pyridine rings is 1. The predicted molar refractivity (Wildman–Crippen MR) is 82.4 cm³/mol. The topological polar surface area (TPSA) is 123 Å². The zero-order valence-electron chi connectivity index (χ0n) is 13.3. The van der Waals surface area contributed by atoms with Gasteiger partial charge in [0.2, 0.25) is 5.82 Å². The summed E-state index contributed by atoms with van der Waals surface area (Å²) in [4.78, 5) is 33.9. The number of hydrogen-bond acceptors (Lipinski definition) is 7. The highest BCUT2D eigenvalue weighted by Gasteiger charge is 2.27. The molecule has 0 unspecified atom stereocenters. The molecule has 2 N–H and O–H groups in total. The number of nitrogens with one attached hydrogen (secondary N) is 2. The predicted octanol–water partition coefficient (Wildman–Crippen LogP) is 2.04. The highest BCUT2D eigenvalue weighted by atomic mass is 16.6. The number of esters is 1. The molecule has 2 rings (SSSR count). The number of aryl methyl sites for hydroxylation is 3. The molecule has 0 saturated carbocycles. The van der Waals surface area contributed by atoms with Gasteiger partial charge in [-0.2, -0.15) is 0 Å². The molecule has 0 atom stereocenters. The van der Waals surface area contributed by atoms with E-state index in [0.717, 1.165) is 17.2 Å². The van der Waals surface area contributed by atoms with Crippen LogP contribution in [0.1, 0.15) is 33.3 Å². The smallest absolute Gasteiger partial charge is 0.345 e. The van der Waals surface area contributed by atoms with Gasteiger partial charge in [-0.3, -0.25) is 10.1 Å². The number of H-pyrrole nitrogens is 1. The normalized spacial score (nSPS) is 10.4. The van der Waals surface area contributed by atoms with Crippen molar-refractivity contribution in [1.29, 1.82) is 0 Å². The Hall–Kier alpha value is -2.97. The number of nitrogens with zero attached hydrogens (tertiary/aromatic N) is 3. The summed E-state index contributed by atoms with van der Waals surface area (Å²) in [5.74, 6) is -0.0197. The van der Waals surface area contributed by atoms with Crippen LogP contribution in [-0.4, -0.2) is 33.0 Å². The van der Waals surface area contributed by atoms with Crippen LogP contribution < -0.4 is 5.32 Å². The zero-order chi connectivity index (χ0) is 17.1. The first-order chi connectivity index (χ1) is 10.8. The van der Waals surface area contributed by atoms with Gasteiger partial charge in [0.05, 0.1) is 24.3 Å². The minimum Gasteiger partial charge on any atom is -0.465 e. The number of methoxy groups -OCH3 is 1. The number of aromatic nitrogens is 3. The molecule has 122 valence electrons. The van der Waals surface area contributed by atoms with Gasteiger partial charge in [0.1, 0.15) is 11.4 Å². The van der Waals surface area contributed by atoms with Gasteiger partial charge in [-0.15, -0.1) is 0 Å². The highest BCUT2D eigenvalue weighted by Crippen LogP contribution is 2.28. The van der Waals surface area contributed by atoms with Crippen LogP contribution in [0.15, 0.2) is 6.07 Å². The van der Waals surface area contributed by atoms with Crippen molar-refractivity contribution in [2.24, 2.45) is 0 Å². The fourth-order valence-corrected chi connectivity index (χ4v) is 2.24. The van der Waals surface area contributed by atoms with Crippen molar-refractivity contribution < 1.29 is 14.5 Å². The minimum atomic E-state index is -0.781. The van der Waals surface area contributed by atoms with Crippen molar-refractivity contribution in [1.82, 2.24) is 15.0 Å². The number of rotatable bonds is 5. The Morgan fingerprint density at radius 3 is 2.61 bits per heavy atom. The molecule has 0 bridgehead atoms. The molecule has 9 heteroatoms. The number of carbonyl (C=O) groups is 1. The number of anilines is 1. The molecular weight excluding hydrogens is 302 g/mol. The van der Waals surface area contributed by atoms with Crippen molar-refractivity contribution in [2.45, 2.75) is 27.3 Å². The molecule has 0 aromatic carbocycles. The second-order valence-corrected chi connectivity index (χ2v) is 5.00. The summed E-state index contributed by atoms with van der Waals surface area (Å²) in [6.45, 7) is 5.56. The Kier molecular flexibility index (Phi) is 4.58. The average Bonchev–Trinajstić information content (AvgIpc) is 2.81. The van der Waals surface area contributed by atoms with E-state index >= 15 is 0 Å². The van der Waals surface area contributed by atoms with E-state index in [-0.39, 0.29) is 17.9 Å². The first-order valence-corrected chi connectivity index (χ1v) is 6.83. The van der Waals surface area contributed by atoms with Gasteiger partial charge in [0, 0.05) is 11.4 Å². The van der Waals surface area contributed by atoms with E-state index in [1.807, 2.05) is 13.8 Å². The minimum absolute atomic E-state index is 0.00968. The van der Waals surface area contributed by atoms with Crippen LogP contribution in [0.5, 0.6) is 0 Å². The van der Waals surface area contributed by atoms with E-state index in [1.54, 1.807) is 6.92 Å².